The van der Waals surface area contributed by atoms with Crippen molar-refractivity contribution in [3.05, 3.63) is 41.2 Å². The van der Waals surface area contributed by atoms with Gasteiger partial charge in [-0.3, -0.25) is 4.79 Å². The van der Waals surface area contributed by atoms with Crippen molar-refractivity contribution in [1.29, 1.82) is 5.26 Å². The molecule has 0 N–H and O–H groups in total. The second kappa shape index (κ2) is 6.49. The van der Waals surface area contributed by atoms with E-state index in [0.29, 0.717) is 23.4 Å². The normalized spacial score (nSPS) is 14.6. The summed E-state index contributed by atoms with van der Waals surface area (Å²) in [4.78, 5) is 14.1. The number of carbonyl (C=O) groups is 1. The van der Waals surface area contributed by atoms with Gasteiger partial charge in [0.1, 0.15) is 5.54 Å². The van der Waals surface area contributed by atoms with E-state index in [9.17, 15) is 10.1 Å². The molecule has 0 saturated heterocycles. The standard InChI is InChI=1S/C15H12ClN4O.Y/c1-20(15(9-17)4-5-15)14(21)12-6-10(2-3-13(12)16)11-7-18-19-8-11;/h2-3,6-8H,4-5H2,1H3;/q-1;. The fraction of sp³-hybridized carbons (Fsp3) is 0.267. The van der Waals surface area contributed by atoms with Crippen LogP contribution in [0.3, 0.4) is 0 Å². The Morgan fingerprint density at radius 2 is 2.18 bits per heavy atom. The summed E-state index contributed by atoms with van der Waals surface area (Å²) in [6, 6.07) is 7.41. The second-order valence-electron chi connectivity index (χ2n) is 5.15. The average Bonchev–Trinajstić information content (AvgIpc) is 3.12. The molecule has 1 aromatic carbocycles. The summed E-state index contributed by atoms with van der Waals surface area (Å²) in [5.41, 5.74) is 1.37. The average molecular weight is 389 g/mol. The van der Waals surface area contributed by atoms with Crippen LogP contribution in [0.4, 0.5) is 0 Å². The van der Waals surface area contributed by atoms with Crippen molar-refractivity contribution in [1.82, 2.24) is 15.1 Å². The van der Waals surface area contributed by atoms with Crippen LogP contribution >= 0.6 is 11.6 Å². The van der Waals surface area contributed by atoms with Crippen molar-refractivity contribution >= 4 is 17.5 Å². The van der Waals surface area contributed by atoms with Crippen molar-refractivity contribution < 1.29 is 37.5 Å². The predicted octanol–water partition coefficient (Wildman–Crippen LogP) is 2.48. The van der Waals surface area contributed by atoms with Gasteiger partial charge >= 0.3 is 0 Å². The van der Waals surface area contributed by atoms with Gasteiger partial charge < -0.3 is 15.1 Å². The number of hydrogen-bond donors (Lipinski definition) is 0. The van der Waals surface area contributed by atoms with Crippen molar-refractivity contribution in [3.8, 4) is 17.2 Å². The van der Waals surface area contributed by atoms with E-state index in [0.717, 1.165) is 11.1 Å². The van der Waals surface area contributed by atoms with Gasteiger partial charge in [0.2, 0.25) is 0 Å². The SMILES string of the molecule is CN(C(=O)c1cc(-c2cn[n-]c2)ccc1Cl)C1(C#N)CC1.[Y]. The minimum Gasteiger partial charge on any atom is -0.581 e. The Bertz CT molecular complexity index is 734. The molecule has 1 aromatic heterocycles. The molecule has 3 rings (SSSR count). The molecule has 22 heavy (non-hydrogen) atoms. The fourth-order valence-corrected chi connectivity index (χ4v) is 2.46. The van der Waals surface area contributed by atoms with Crippen molar-refractivity contribution in [2.24, 2.45) is 0 Å². The molecule has 0 aliphatic heterocycles. The number of benzene rings is 1. The van der Waals surface area contributed by atoms with Crippen LogP contribution in [-0.4, -0.2) is 28.5 Å². The first-order valence-electron chi connectivity index (χ1n) is 6.50. The summed E-state index contributed by atoms with van der Waals surface area (Å²) < 4.78 is 0. The van der Waals surface area contributed by atoms with Gasteiger partial charge in [0.25, 0.3) is 5.91 Å². The van der Waals surface area contributed by atoms with E-state index in [1.54, 1.807) is 31.6 Å². The molecule has 0 unspecified atom stereocenters. The fourth-order valence-electron chi connectivity index (χ4n) is 2.26. The zero-order valence-electron chi connectivity index (χ0n) is 12.0. The van der Waals surface area contributed by atoms with Gasteiger partial charge in [-0.25, -0.2) is 0 Å². The molecule has 0 bridgehead atoms. The number of aromatic nitrogens is 2. The Kier molecular flexibility index (Phi) is 5.06. The van der Waals surface area contributed by atoms with E-state index in [1.807, 2.05) is 6.07 Å². The van der Waals surface area contributed by atoms with Gasteiger partial charge in [0.15, 0.2) is 0 Å². The van der Waals surface area contributed by atoms with Crippen LogP contribution in [0.1, 0.15) is 23.2 Å². The van der Waals surface area contributed by atoms with Gasteiger partial charge in [0.05, 0.1) is 16.7 Å². The maximum Gasteiger partial charge on any atom is 0.256 e. The van der Waals surface area contributed by atoms with E-state index >= 15 is 0 Å². The van der Waals surface area contributed by atoms with Gasteiger partial charge in [-0.1, -0.05) is 17.7 Å². The molecule has 0 atom stereocenters. The van der Waals surface area contributed by atoms with Gasteiger partial charge in [-0.05, 0) is 36.1 Å². The number of hydrogen-bond acceptors (Lipinski definition) is 3. The van der Waals surface area contributed by atoms with E-state index < -0.39 is 5.54 Å². The van der Waals surface area contributed by atoms with E-state index in [1.165, 1.54) is 4.90 Å². The molecule has 109 valence electrons. The number of nitrogens with zero attached hydrogens (tertiary/aromatic N) is 4. The molecule has 1 aliphatic rings. The number of halogens is 1. The van der Waals surface area contributed by atoms with Crippen LogP contribution in [0.25, 0.3) is 11.1 Å². The Balaban J connectivity index is 0.00000176. The largest absolute Gasteiger partial charge is 0.581 e. The molecule has 5 nitrogen and oxygen atoms in total. The predicted molar refractivity (Wildman–Crippen MR) is 77.7 cm³/mol. The number of nitriles is 1. The molecule has 7 heteroatoms. The number of amides is 1. The molecule has 2 aromatic rings. The molecule has 1 saturated carbocycles. The first-order chi connectivity index (χ1) is 10.1. The first kappa shape index (κ1) is 17.1. The van der Waals surface area contributed by atoms with E-state index in [4.69, 9.17) is 11.6 Å². The van der Waals surface area contributed by atoms with Crippen LogP contribution < -0.4 is 5.10 Å². The van der Waals surface area contributed by atoms with Gasteiger partial charge in [-0.2, -0.15) is 11.5 Å². The van der Waals surface area contributed by atoms with Crippen LogP contribution in [-0.2, 0) is 32.7 Å². The zero-order chi connectivity index (χ0) is 15.0. The first-order valence-corrected chi connectivity index (χ1v) is 6.88. The Morgan fingerprint density at radius 3 is 2.73 bits per heavy atom. The summed E-state index contributed by atoms with van der Waals surface area (Å²) in [5, 5.41) is 17.1. The van der Waals surface area contributed by atoms with Crippen molar-refractivity contribution in [3.63, 3.8) is 0 Å². The molecule has 1 radical (unpaired) electrons. The molecule has 1 heterocycles. The monoisotopic (exact) mass is 388 g/mol. The summed E-state index contributed by atoms with van der Waals surface area (Å²) in [6.45, 7) is 0. The Morgan fingerprint density at radius 1 is 1.45 bits per heavy atom. The quantitative estimate of drug-likeness (QED) is 0.810. The van der Waals surface area contributed by atoms with Gasteiger partial charge in [-0.15, -0.1) is 0 Å². The molecule has 1 amide bonds. The topological polar surface area (TPSA) is 71.1 Å². The van der Waals surface area contributed by atoms with Gasteiger partial charge in [0, 0.05) is 46.0 Å². The van der Waals surface area contributed by atoms with Crippen LogP contribution in [0.15, 0.2) is 30.6 Å². The maximum atomic E-state index is 12.6. The summed E-state index contributed by atoms with van der Waals surface area (Å²) in [5.74, 6) is -0.242. The third kappa shape index (κ3) is 2.96. The molecule has 1 fully saturated rings. The maximum absolute atomic E-state index is 12.6. The smallest absolute Gasteiger partial charge is 0.256 e. The second-order valence-corrected chi connectivity index (χ2v) is 5.55. The molecular formula is C15H12ClN4OY-. The molecular weight excluding hydrogens is 377 g/mol. The number of carbonyl (C=O) groups excluding carboxylic acids is 1. The van der Waals surface area contributed by atoms with Crippen molar-refractivity contribution in [2.75, 3.05) is 7.05 Å². The zero-order valence-corrected chi connectivity index (χ0v) is 15.5. The van der Waals surface area contributed by atoms with Crippen molar-refractivity contribution in [2.45, 2.75) is 18.4 Å². The minimum atomic E-state index is -0.667. The summed E-state index contributed by atoms with van der Waals surface area (Å²) in [7, 11) is 1.65. The Labute approximate surface area is 158 Å². The molecule has 0 spiro atoms. The minimum absolute atomic E-state index is 0. The van der Waals surface area contributed by atoms with E-state index in [2.05, 4.69) is 16.3 Å². The Hall–Kier alpha value is -1.22. The summed E-state index contributed by atoms with van der Waals surface area (Å²) in [6.07, 6.45) is 4.66. The summed E-state index contributed by atoms with van der Waals surface area (Å²) >= 11 is 6.15. The number of rotatable bonds is 3. The van der Waals surface area contributed by atoms with Crippen LogP contribution in [0, 0.1) is 11.3 Å². The molecule has 1 aliphatic carbocycles. The third-order valence-corrected chi connectivity index (χ3v) is 4.20. The van der Waals surface area contributed by atoms with E-state index in [-0.39, 0.29) is 38.6 Å². The van der Waals surface area contributed by atoms with Crippen LogP contribution in [0.2, 0.25) is 5.02 Å². The van der Waals surface area contributed by atoms with Crippen LogP contribution in [0.5, 0.6) is 0 Å². The third-order valence-electron chi connectivity index (χ3n) is 3.87.